The Balaban J connectivity index is 2.70. The molecule has 1 aliphatic heterocycles. The van der Waals surface area contributed by atoms with Crippen LogP contribution in [0.4, 0.5) is 0 Å². The zero-order chi connectivity index (χ0) is 12.1. The molecule has 2 unspecified atom stereocenters. The SMILES string of the molecule is CC1CCC(C(C)C)N(C(=O)CCN)CC1. The Morgan fingerprint density at radius 1 is 1.38 bits per heavy atom. The Bertz CT molecular complexity index is 228. The first-order valence-corrected chi connectivity index (χ1v) is 6.55. The van der Waals surface area contributed by atoms with Crippen LogP contribution in [0.2, 0.25) is 0 Å². The van der Waals surface area contributed by atoms with E-state index in [9.17, 15) is 4.79 Å². The number of carbonyl (C=O) groups excluding carboxylic acids is 1. The molecule has 0 aromatic heterocycles. The summed E-state index contributed by atoms with van der Waals surface area (Å²) < 4.78 is 0. The van der Waals surface area contributed by atoms with Gasteiger partial charge in [-0.15, -0.1) is 0 Å². The van der Waals surface area contributed by atoms with E-state index in [1.165, 1.54) is 6.42 Å². The van der Waals surface area contributed by atoms with Gasteiger partial charge in [0.2, 0.25) is 5.91 Å². The van der Waals surface area contributed by atoms with E-state index in [0.717, 1.165) is 25.3 Å². The molecule has 0 bridgehead atoms. The molecular weight excluding hydrogens is 200 g/mol. The van der Waals surface area contributed by atoms with Gasteiger partial charge in [0.25, 0.3) is 0 Å². The highest BCUT2D eigenvalue weighted by atomic mass is 16.2. The summed E-state index contributed by atoms with van der Waals surface area (Å²) in [6.07, 6.45) is 4.03. The third kappa shape index (κ3) is 3.48. The smallest absolute Gasteiger partial charge is 0.224 e. The van der Waals surface area contributed by atoms with Crippen molar-refractivity contribution >= 4 is 5.91 Å². The van der Waals surface area contributed by atoms with Crippen molar-refractivity contribution in [3.8, 4) is 0 Å². The summed E-state index contributed by atoms with van der Waals surface area (Å²) in [4.78, 5) is 14.1. The summed E-state index contributed by atoms with van der Waals surface area (Å²) in [5.41, 5.74) is 5.48. The lowest BCUT2D eigenvalue weighted by Gasteiger charge is -2.33. The second-order valence-electron chi connectivity index (χ2n) is 5.41. The molecule has 1 fully saturated rings. The van der Waals surface area contributed by atoms with Crippen LogP contribution >= 0.6 is 0 Å². The molecule has 0 aliphatic carbocycles. The van der Waals surface area contributed by atoms with Crippen LogP contribution in [0.15, 0.2) is 0 Å². The highest BCUT2D eigenvalue weighted by molar-refractivity contribution is 5.76. The molecule has 2 atom stereocenters. The first-order chi connectivity index (χ1) is 7.56. The van der Waals surface area contributed by atoms with Gasteiger partial charge >= 0.3 is 0 Å². The van der Waals surface area contributed by atoms with E-state index in [-0.39, 0.29) is 5.91 Å². The zero-order valence-electron chi connectivity index (χ0n) is 10.9. The molecule has 1 rings (SSSR count). The predicted molar refractivity (Wildman–Crippen MR) is 67.0 cm³/mol. The van der Waals surface area contributed by atoms with Crippen LogP contribution in [0.25, 0.3) is 0 Å². The van der Waals surface area contributed by atoms with Crippen LogP contribution in [-0.2, 0) is 4.79 Å². The average Bonchev–Trinajstić information content (AvgIpc) is 2.40. The van der Waals surface area contributed by atoms with Gasteiger partial charge in [-0.3, -0.25) is 4.79 Å². The van der Waals surface area contributed by atoms with Gasteiger partial charge in [0.15, 0.2) is 0 Å². The second-order valence-corrected chi connectivity index (χ2v) is 5.41. The quantitative estimate of drug-likeness (QED) is 0.800. The van der Waals surface area contributed by atoms with Gasteiger partial charge in [0.05, 0.1) is 0 Å². The van der Waals surface area contributed by atoms with Gasteiger partial charge in [-0.1, -0.05) is 20.8 Å². The second kappa shape index (κ2) is 6.24. The van der Waals surface area contributed by atoms with Crippen LogP contribution in [-0.4, -0.2) is 29.9 Å². The maximum atomic E-state index is 12.0. The lowest BCUT2D eigenvalue weighted by atomic mass is 9.95. The number of nitrogens with zero attached hydrogens (tertiary/aromatic N) is 1. The number of hydrogen-bond donors (Lipinski definition) is 1. The number of likely N-dealkylation sites (tertiary alicyclic amines) is 1. The molecule has 1 amide bonds. The summed E-state index contributed by atoms with van der Waals surface area (Å²) in [6, 6.07) is 0.420. The van der Waals surface area contributed by atoms with E-state index in [2.05, 4.69) is 25.7 Å². The minimum atomic E-state index is 0.246. The fourth-order valence-corrected chi connectivity index (χ4v) is 2.55. The minimum Gasteiger partial charge on any atom is -0.339 e. The first kappa shape index (κ1) is 13.5. The van der Waals surface area contributed by atoms with Gasteiger partial charge in [-0.25, -0.2) is 0 Å². The van der Waals surface area contributed by atoms with Crippen molar-refractivity contribution in [1.82, 2.24) is 4.90 Å². The molecule has 1 saturated heterocycles. The van der Waals surface area contributed by atoms with Crippen LogP contribution in [0.1, 0.15) is 46.5 Å². The van der Waals surface area contributed by atoms with Gasteiger partial charge in [0, 0.05) is 25.6 Å². The molecule has 0 spiro atoms. The van der Waals surface area contributed by atoms with Crippen molar-refractivity contribution in [3.63, 3.8) is 0 Å². The molecule has 1 aliphatic rings. The molecule has 2 N–H and O–H groups in total. The van der Waals surface area contributed by atoms with Gasteiger partial charge < -0.3 is 10.6 Å². The number of hydrogen-bond acceptors (Lipinski definition) is 2. The lowest BCUT2D eigenvalue weighted by molar-refractivity contribution is -0.134. The topological polar surface area (TPSA) is 46.3 Å². The zero-order valence-corrected chi connectivity index (χ0v) is 10.9. The van der Waals surface area contributed by atoms with Crippen LogP contribution in [0.5, 0.6) is 0 Å². The maximum absolute atomic E-state index is 12.0. The Morgan fingerprint density at radius 2 is 2.06 bits per heavy atom. The number of amides is 1. The molecule has 16 heavy (non-hydrogen) atoms. The monoisotopic (exact) mass is 226 g/mol. The first-order valence-electron chi connectivity index (χ1n) is 6.55. The summed E-state index contributed by atoms with van der Waals surface area (Å²) >= 11 is 0. The van der Waals surface area contributed by atoms with Crippen LogP contribution in [0, 0.1) is 11.8 Å². The highest BCUT2D eigenvalue weighted by Gasteiger charge is 2.28. The van der Waals surface area contributed by atoms with E-state index in [4.69, 9.17) is 5.73 Å². The van der Waals surface area contributed by atoms with E-state index >= 15 is 0 Å². The Kier molecular flexibility index (Phi) is 5.26. The van der Waals surface area contributed by atoms with E-state index < -0.39 is 0 Å². The number of nitrogens with two attached hydrogens (primary N) is 1. The average molecular weight is 226 g/mol. The van der Waals surface area contributed by atoms with E-state index in [1.807, 2.05) is 0 Å². The van der Waals surface area contributed by atoms with Gasteiger partial charge in [0.1, 0.15) is 0 Å². The Hall–Kier alpha value is -0.570. The Morgan fingerprint density at radius 3 is 2.62 bits per heavy atom. The normalized spacial score (nSPS) is 26.9. The maximum Gasteiger partial charge on any atom is 0.224 e. The molecule has 3 heteroatoms. The van der Waals surface area contributed by atoms with Crippen molar-refractivity contribution < 1.29 is 4.79 Å². The third-order valence-corrected chi connectivity index (χ3v) is 3.67. The van der Waals surface area contributed by atoms with Gasteiger partial charge in [-0.2, -0.15) is 0 Å². The largest absolute Gasteiger partial charge is 0.339 e. The minimum absolute atomic E-state index is 0.246. The van der Waals surface area contributed by atoms with Gasteiger partial charge in [-0.05, 0) is 31.1 Å². The summed E-state index contributed by atoms with van der Waals surface area (Å²) in [5, 5.41) is 0. The number of rotatable bonds is 3. The molecule has 0 saturated carbocycles. The highest BCUT2D eigenvalue weighted by Crippen LogP contribution is 2.26. The van der Waals surface area contributed by atoms with Crippen LogP contribution < -0.4 is 5.73 Å². The summed E-state index contributed by atoms with van der Waals surface area (Å²) in [7, 11) is 0. The molecule has 0 aromatic carbocycles. The number of carbonyl (C=O) groups is 1. The van der Waals surface area contributed by atoms with Crippen molar-refractivity contribution in [3.05, 3.63) is 0 Å². The van der Waals surface area contributed by atoms with Crippen LogP contribution in [0.3, 0.4) is 0 Å². The molecule has 0 aromatic rings. The molecule has 94 valence electrons. The van der Waals surface area contributed by atoms with E-state index in [1.54, 1.807) is 0 Å². The molecule has 1 heterocycles. The lowest BCUT2D eigenvalue weighted by Crippen LogP contribution is -2.43. The molecule has 0 radical (unpaired) electrons. The van der Waals surface area contributed by atoms with Crippen molar-refractivity contribution in [1.29, 1.82) is 0 Å². The molecule has 3 nitrogen and oxygen atoms in total. The predicted octanol–water partition coefficient (Wildman–Crippen LogP) is 2.01. The fraction of sp³-hybridized carbons (Fsp3) is 0.923. The summed E-state index contributed by atoms with van der Waals surface area (Å²) in [6.45, 7) is 8.10. The third-order valence-electron chi connectivity index (χ3n) is 3.67. The van der Waals surface area contributed by atoms with E-state index in [0.29, 0.717) is 24.9 Å². The van der Waals surface area contributed by atoms with Crippen molar-refractivity contribution in [2.75, 3.05) is 13.1 Å². The van der Waals surface area contributed by atoms with Crippen molar-refractivity contribution in [2.45, 2.75) is 52.5 Å². The Labute approximate surface area is 99.4 Å². The fourth-order valence-electron chi connectivity index (χ4n) is 2.55. The van der Waals surface area contributed by atoms with Crippen molar-refractivity contribution in [2.24, 2.45) is 17.6 Å². The standard InChI is InChI=1S/C13H26N2O/c1-10(2)12-5-4-11(3)7-9-15(12)13(16)6-8-14/h10-12H,4-9,14H2,1-3H3. The molecular formula is C13H26N2O. The summed E-state index contributed by atoms with van der Waals surface area (Å²) in [5.74, 6) is 1.54.